The summed E-state index contributed by atoms with van der Waals surface area (Å²) in [4.78, 5) is 24.5. The van der Waals surface area contributed by atoms with E-state index in [0.29, 0.717) is 10.7 Å². The summed E-state index contributed by atoms with van der Waals surface area (Å²) < 4.78 is 37.8. The number of rotatable bonds is 4. The fourth-order valence-corrected chi connectivity index (χ4v) is 3.04. The van der Waals surface area contributed by atoms with E-state index in [9.17, 15) is 22.8 Å². The molecule has 0 aliphatic carbocycles. The van der Waals surface area contributed by atoms with Gasteiger partial charge in [0.15, 0.2) is 0 Å². The predicted molar refractivity (Wildman–Crippen MR) is 104 cm³/mol. The number of nitrogens with zero attached hydrogens (tertiary/aromatic N) is 2. The Morgan fingerprint density at radius 3 is 2.38 bits per heavy atom. The lowest BCUT2D eigenvalue weighted by molar-refractivity contribution is -0.137. The quantitative estimate of drug-likeness (QED) is 0.783. The van der Waals surface area contributed by atoms with Crippen molar-refractivity contribution in [3.63, 3.8) is 0 Å². The minimum absolute atomic E-state index is 0.127. The molecule has 1 aliphatic heterocycles. The number of halogens is 4. The number of carbonyl (C=O) groups is 2. The van der Waals surface area contributed by atoms with E-state index in [0.717, 1.165) is 34.8 Å². The molecule has 2 aromatic rings. The molecule has 9 heteroatoms. The van der Waals surface area contributed by atoms with E-state index in [2.05, 4.69) is 10.4 Å². The van der Waals surface area contributed by atoms with Crippen LogP contribution in [0.5, 0.6) is 0 Å². The van der Waals surface area contributed by atoms with Crippen LogP contribution in [0.15, 0.2) is 53.6 Å². The largest absolute Gasteiger partial charge is 0.416 e. The van der Waals surface area contributed by atoms with E-state index in [-0.39, 0.29) is 30.5 Å². The molecular formula is C20H17ClF3N3O2. The highest BCUT2D eigenvalue weighted by Crippen LogP contribution is 2.30. The topological polar surface area (TPSA) is 61.8 Å². The number of alkyl halides is 3. The van der Waals surface area contributed by atoms with Gasteiger partial charge in [0.1, 0.15) is 6.54 Å². The highest BCUT2D eigenvalue weighted by atomic mass is 35.5. The van der Waals surface area contributed by atoms with Crippen LogP contribution in [0, 0.1) is 5.92 Å². The third kappa shape index (κ3) is 5.14. The van der Waals surface area contributed by atoms with Crippen LogP contribution < -0.4 is 5.32 Å². The van der Waals surface area contributed by atoms with Crippen LogP contribution in [0.2, 0.25) is 5.02 Å². The molecule has 1 aliphatic rings. The zero-order valence-electron chi connectivity index (χ0n) is 15.3. The summed E-state index contributed by atoms with van der Waals surface area (Å²) in [5.41, 5.74) is 0.835. The van der Waals surface area contributed by atoms with Gasteiger partial charge in [0, 0.05) is 23.0 Å². The van der Waals surface area contributed by atoms with Crippen molar-refractivity contribution in [3.05, 3.63) is 64.7 Å². The summed E-state index contributed by atoms with van der Waals surface area (Å²) in [5, 5.41) is 8.44. The van der Waals surface area contributed by atoms with Gasteiger partial charge in [-0.05, 0) is 42.0 Å². The van der Waals surface area contributed by atoms with Gasteiger partial charge in [-0.3, -0.25) is 9.59 Å². The summed E-state index contributed by atoms with van der Waals surface area (Å²) in [7, 11) is 0. The van der Waals surface area contributed by atoms with E-state index in [1.165, 1.54) is 0 Å². The maximum atomic E-state index is 12.6. The highest BCUT2D eigenvalue weighted by molar-refractivity contribution is 6.30. The monoisotopic (exact) mass is 423 g/mol. The smallest absolute Gasteiger partial charge is 0.324 e. The molecule has 0 spiro atoms. The molecule has 5 nitrogen and oxygen atoms in total. The standard InChI is InChI=1S/C20H17ClF3N3O2/c1-12-10-18(29)27(26-19(12)13-2-6-15(21)7-3-13)11-17(28)25-16-8-4-14(5-9-16)20(22,23)24/h2-9,12H,10-11H2,1H3,(H,25,28)/t12-/m1/s1. The number of nitrogens with one attached hydrogen (secondary N) is 1. The van der Waals surface area contributed by atoms with Gasteiger partial charge in [0.2, 0.25) is 11.8 Å². The summed E-state index contributed by atoms with van der Waals surface area (Å²) in [6.45, 7) is 1.52. The number of hydrogen-bond donors (Lipinski definition) is 1. The van der Waals surface area contributed by atoms with E-state index in [4.69, 9.17) is 11.6 Å². The van der Waals surface area contributed by atoms with Gasteiger partial charge in [0.05, 0.1) is 11.3 Å². The third-order valence-corrected chi connectivity index (χ3v) is 4.65. The van der Waals surface area contributed by atoms with Crippen LogP contribution in [0.1, 0.15) is 24.5 Å². The number of carbonyl (C=O) groups excluding carboxylic acids is 2. The second-order valence-electron chi connectivity index (χ2n) is 6.67. The summed E-state index contributed by atoms with van der Waals surface area (Å²) in [5.74, 6) is -0.998. The normalized spacial score (nSPS) is 17.1. The molecule has 1 atom stereocenters. The number of amides is 2. The van der Waals surface area contributed by atoms with Gasteiger partial charge in [-0.2, -0.15) is 18.3 Å². The van der Waals surface area contributed by atoms with Gasteiger partial charge < -0.3 is 5.32 Å². The SMILES string of the molecule is C[C@@H]1CC(=O)N(CC(=O)Nc2ccc(C(F)(F)F)cc2)N=C1c1ccc(Cl)cc1. The molecule has 3 rings (SSSR count). The van der Waals surface area contributed by atoms with E-state index < -0.39 is 17.6 Å². The van der Waals surface area contributed by atoms with Crippen molar-refractivity contribution in [1.82, 2.24) is 5.01 Å². The Bertz CT molecular complexity index is 941. The molecule has 29 heavy (non-hydrogen) atoms. The first kappa shape index (κ1) is 20.9. The Morgan fingerprint density at radius 2 is 1.79 bits per heavy atom. The van der Waals surface area contributed by atoms with E-state index >= 15 is 0 Å². The van der Waals surface area contributed by atoms with Gasteiger partial charge in [0.25, 0.3) is 0 Å². The first-order chi connectivity index (χ1) is 13.6. The number of hydrogen-bond acceptors (Lipinski definition) is 3. The fraction of sp³-hybridized carbons (Fsp3) is 0.250. The Kier molecular flexibility index (Phi) is 5.93. The molecule has 1 heterocycles. The van der Waals surface area contributed by atoms with Crippen LogP contribution >= 0.6 is 11.6 Å². The van der Waals surface area contributed by atoms with Crippen LogP contribution in [0.25, 0.3) is 0 Å². The molecule has 0 saturated carbocycles. The zero-order chi connectivity index (χ0) is 21.2. The van der Waals surface area contributed by atoms with Gasteiger partial charge in [-0.25, -0.2) is 5.01 Å². The molecular weight excluding hydrogens is 407 g/mol. The number of hydrazone groups is 1. The average Bonchev–Trinajstić information content (AvgIpc) is 2.64. The first-order valence-corrected chi connectivity index (χ1v) is 9.13. The molecule has 1 N–H and O–H groups in total. The van der Waals surface area contributed by atoms with Crippen LogP contribution in [0.4, 0.5) is 18.9 Å². The predicted octanol–water partition coefficient (Wildman–Crippen LogP) is 4.57. The minimum atomic E-state index is -4.45. The molecule has 0 radical (unpaired) electrons. The van der Waals surface area contributed by atoms with Crippen molar-refractivity contribution in [2.75, 3.05) is 11.9 Å². The van der Waals surface area contributed by atoms with Crippen LogP contribution in [-0.2, 0) is 15.8 Å². The maximum absolute atomic E-state index is 12.6. The average molecular weight is 424 g/mol. The summed E-state index contributed by atoms with van der Waals surface area (Å²) in [6, 6.07) is 11.1. The maximum Gasteiger partial charge on any atom is 0.416 e. The first-order valence-electron chi connectivity index (χ1n) is 8.75. The van der Waals surface area contributed by atoms with Crippen molar-refractivity contribution in [3.8, 4) is 0 Å². The highest BCUT2D eigenvalue weighted by Gasteiger charge is 2.30. The van der Waals surface area contributed by atoms with Crippen molar-refractivity contribution >= 4 is 34.8 Å². The van der Waals surface area contributed by atoms with Crippen molar-refractivity contribution in [1.29, 1.82) is 0 Å². The van der Waals surface area contributed by atoms with Gasteiger partial charge >= 0.3 is 6.18 Å². The fourth-order valence-electron chi connectivity index (χ4n) is 2.91. The van der Waals surface area contributed by atoms with Crippen molar-refractivity contribution < 1.29 is 22.8 Å². The lowest BCUT2D eigenvalue weighted by Gasteiger charge is -2.27. The molecule has 0 unspecified atom stereocenters. The number of benzene rings is 2. The van der Waals surface area contributed by atoms with Crippen molar-refractivity contribution in [2.45, 2.75) is 19.5 Å². The van der Waals surface area contributed by atoms with Gasteiger partial charge in [-0.15, -0.1) is 0 Å². The Morgan fingerprint density at radius 1 is 1.17 bits per heavy atom. The molecule has 2 amide bonds. The molecule has 0 bridgehead atoms. The lowest BCUT2D eigenvalue weighted by atomic mass is 9.94. The number of anilines is 1. The van der Waals surface area contributed by atoms with Crippen LogP contribution in [0.3, 0.4) is 0 Å². The van der Waals surface area contributed by atoms with Gasteiger partial charge in [-0.1, -0.05) is 30.7 Å². The summed E-state index contributed by atoms with van der Waals surface area (Å²) >= 11 is 5.90. The van der Waals surface area contributed by atoms with E-state index in [1.807, 2.05) is 6.92 Å². The second kappa shape index (κ2) is 8.24. The summed E-state index contributed by atoms with van der Waals surface area (Å²) in [6.07, 6.45) is -4.26. The Balaban J connectivity index is 1.71. The molecule has 2 aromatic carbocycles. The molecule has 0 saturated heterocycles. The Hall–Kier alpha value is -2.87. The Labute approximate surface area is 170 Å². The zero-order valence-corrected chi connectivity index (χ0v) is 16.1. The lowest BCUT2D eigenvalue weighted by Crippen LogP contribution is -2.40. The third-order valence-electron chi connectivity index (χ3n) is 4.39. The van der Waals surface area contributed by atoms with Crippen LogP contribution in [-0.4, -0.2) is 29.1 Å². The molecule has 0 fully saturated rings. The van der Waals surface area contributed by atoms with E-state index in [1.54, 1.807) is 24.3 Å². The molecule has 0 aromatic heterocycles. The molecule has 152 valence electrons. The second-order valence-corrected chi connectivity index (χ2v) is 7.11. The minimum Gasteiger partial charge on any atom is -0.324 e. The van der Waals surface area contributed by atoms with Crippen molar-refractivity contribution in [2.24, 2.45) is 11.0 Å².